The van der Waals surface area contributed by atoms with E-state index in [9.17, 15) is 14.4 Å². The van der Waals surface area contributed by atoms with E-state index in [2.05, 4.69) is 10.2 Å². The van der Waals surface area contributed by atoms with E-state index in [-0.39, 0.29) is 23.8 Å². The van der Waals surface area contributed by atoms with Crippen molar-refractivity contribution in [1.82, 2.24) is 15.1 Å². The third kappa shape index (κ3) is 3.29. The average molecular weight is 293 g/mol. The van der Waals surface area contributed by atoms with Crippen LogP contribution in [-0.2, 0) is 4.79 Å². The molecule has 114 valence electrons. The Morgan fingerprint density at radius 2 is 2.14 bits per heavy atom. The molecule has 21 heavy (non-hydrogen) atoms. The Morgan fingerprint density at radius 3 is 2.81 bits per heavy atom. The van der Waals surface area contributed by atoms with E-state index in [0.29, 0.717) is 30.8 Å². The first-order valence-corrected chi connectivity index (χ1v) is 6.97. The average Bonchev–Trinajstić information content (AvgIpc) is 2.90. The number of nitrogens with one attached hydrogen (secondary N) is 1. The van der Waals surface area contributed by atoms with Gasteiger partial charge in [-0.2, -0.15) is 5.10 Å². The summed E-state index contributed by atoms with van der Waals surface area (Å²) >= 11 is 0. The molecule has 7 heteroatoms. The van der Waals surface area contributed by atoms with Crippen LogP contribution in [0.3, 0.4) is 0 Å². The smallest absolute Gasteiger partial charge is 0.303 e. The maximum atomic E-state index is 12.5. The van der Waals surface area contributed by atoms with Gasteiger partial charge in [0.25, 0.3) is 11.5 Å². The first kappa shape index (κ1) is 15.2. The fourth-order valence-corrected chi connectivity index (χ4v) is 2.62. The van der Waals surface area contributed by atoms with E-state index in [1.54, 1.807) is 18.7 Å². The number of aliphatic carboxylic acids is 1. The summed E-state index contributed by atoms with van der Waals surface area (Å²) in [6.07, 6.45) is 1.45. The number of carbonyl (C=O) groups excluding carboxylic acids is 1. The van der Waals surface area contributed by atoms with Gasteiger partial charge >= 0.3 is 5.97 Å². The number of carboxylic acids is 1. The van der Waals surface area contributed by atoms with Crippen LogP contribution < -0.4 is 5.56 Å². The number of aromatic nitrogens is 2. The maximum Gasteiger partial charge on any atom is 0.303 e. The van der Waals surface area contributed by atoms with Gasteiger partial charge in [-0.25, -0.2) is 5.10 Å². The predicted molar refractivity (Wildman–Crippen MR) is 75.2 cm³/mol. The molecule has 0 bridgehead atoms. The maximum absolute atomic E-state index is 12.5. The summed E-state index contributed by atoms with van der Waals surface area (Å²) in [7, 11) is 0. The number of likely N-dealkylation sites (tertiary alicyclic amines) is 1. The molecule has 1 aromatic heterocycles. The predicted octanol–water partition coefficient (Wildman–Crippen LogP) is 0.714. The third-order valence-electron chi connectivity index (χ3n) is 4.02. The lowest BCUT2D eigenvalue weighted by Crippen LogP contribution is -2.34. The molecule has 1 aliphatic heterocycles. The largest absolute Gasteiger partial charge is 0.481 e. The second-order valence-corrected chi connectivity index (χ2v) is 5.48. The molecule has 2 heterocycles. The minimum atomic E-state index is -0.822. The Bertz CT molecular complexity index is 623. The second-order valence-electron chi connectivity index (χ2n) is 5.48. The summed E-state index contributed by atoms with van der Waals surface area (Å²) < 4.78 is 0. The van der Waals surface area contributed by atoms with Crippen molar-refractivity contribution in [3.05, 3.63) is 27.2 Å². The van der Waals surface area contributed by atoms with Crippen molar-refractivity contribution in [2.75, 3.05) is 13.1 Å². The molecule has 1 fully saturated rings. The van der Waals surface area contributed by atoms with Crippen molar-refractivity contribution in [2.45, 2.75) is 33.1 Å². The standard InChI is InChI=1S/C14H19N3O4/c1-8-9(2)15-16-13(20)12(8)14(21)17-6-5-10(7-17)3-4-11(18)19/h10H,3-7H2,1-2H3,(H,16,20)(H,18,19). The van der Waals surface area contributed by atoms with Gasteiger partial charge in [-0.1, -0.05) is 0 Å². The molecule has 7 nitrogen and oxygen atoms in total. The number of aromatic amines is 1. The van der Waals surface area contributed by atoms with Gasteiger partial charge in [0.2, 0.25) is 0 Å². The summed E-state index contributed by atoms with van der Waals surface area (Å²) in [5.74, 6) is -0.929. The van der Waals surface area contributed by atoms with Crippen molar-refractivity contribution < 1.29 is 14.7 Å². The van der Waals surface area contributed by atoms with Crippen molar-refractivity contribution in [2.24, 2.45) is 5.92 Å². The highest BCUT2D eigenvalue weighted by Gasteiger charge is 2.29. The third-order valence-corrected chi connectivity index (χ3v) is 4.02. The molecule has 2 N–H and O–H groups in total. The number of H-pyrrole nitrogens is 1. The fraction of sp³-hybridized carbons (Fsp3) is 0.571. The normalized spacial score (nSPS) is 18.0. The van der Waals surface area contributed by atoms with Crippen LogP contribution in [0.5, 0.6) is 0 Å². The van der Waals surface area contributed by atoms with Crippen LogP contribution >= 0.6 is 0 Å². The molecule has 1 aliphatic rings. The number of rotatable bonds is 4. The van der Waals surface area contributed by atoms with Gasteiger partial charge < -0.3 is 10.0 Å². The number of carbonyl (C=O) groups is 2. The van der Waals surface area contributed by atoms with Crippen LogP contribution in [0, 0.1) is 19.8 Å². The van der Waals surface area contributed by atoms with E-state index in [1.807, 2.05) is 0 Å². The lowest BCUT2D eigenvalue weighted by atomic mass is 10.0. The lowest BCUT2D eigenvalue weighted by molar-refractivity contribution is -0.137. The number of hydrogen-bond acceptors (Lipinski definition) is 4. The molecule has 0 aromatic carbocycles. The van der Waals surface area contributed by atoms with Crippen LogP contribution in [0.25, 0.3) is 0 Å². The topological polar surface area (TPSA) is 103 Å². The zero-order valence-electron chi connectivity index (χ0n) is 12.2. The second kappa shape index (κ2) is 6.07. The van der Waals surface area contributed by atoms with E-state index in [0.717, 1.165) is 6.42 Å². The van der Waals surface area contributed by atoms with Crippen molar-refractivity contribution in [3.8, 4) is 0 Å². The highest BCUT2D eigenvalue weighted by molar-refractivity contribution is 5.95. The zero-order chi connectivity index (χ0) is 15.6. The van der Waals surface area contributed by atoms with Gasteiger partial charge in [-0.05, 0) is 38.2 Å². The Balaban J connectivity index is 2.11. The summed E-state index contributed by atoms with van der Waals surface area (Å²) in [5, 5.41) is 14.9. The van der Waals surface area contributed by atoms with Crippen LogP contribution in [0.1, 0.15) is 40.9 Å². The molecule has 2 rings (SSSR count). The molecular formula is C14H19N3O4. The Morgan fingerprint density at radius 1 is 1.43 bits per heavy atom. The van der Waals surface area contributed by atoms with E-state index < -0.39 is 11.5 Å². The van der Waals surface area contributed by atoms with Gasteiger partial charge in [0, 0.05) is 19.5 Å². The van der Waals surface area contributed by atoms with Crippen LogP contribution in [0.2, 0.25) is 0 Å². The number of aryl methyl sites for hydroxylation is 1. The van der Waals surface area contributed by atoms with E-state index in [4.69, 9.17) is 5.11 Å². The summed E-state index contributed by atoms with van der Waals surface area (Å²) in [6.45, 7) is 4.51. The molecule has 1 amide bonds. The molecule has 1 atom stereocenters. The van der Waals surface area contributed by atoms with Gasteiger partial charge in [0.05, 0.1) is 5.69 Å². The van der Waals surface area contributed by atoms with Crippen molar-refractivity contribution in [3.63, 3.8) is 0 Å². The highest BCUT2D eigenvalue weighted by Crippen LogP contribution is 2.22. The van der Waals surface area contributed by atoms with E-state index >= 15 is 0 Å². The first-order chi connectivity index (χ1) is 9.90. The number of nitrogens with zero attached hydrogens (tertiary/aromatic N) is 2. The number of amides is 1. The molecule has 0 aliphatic carbocycles. The van der Waals surface area contributed by atoms with Gasteiger partial charge in [0.15, 0.2) is 0 Å². The minimum absolute atomic E-state index is 0.112. The quantitative estimate of drug-likeness (QED) is 0.851. The first-order valence-electron chi connectivity index (χ1n) is 6.97. The van der Waals surface area contributed by atoms with Crippen LogP contribution in [0.15, 0.2) is 4.79 Å². The minimum Gasteiger partial charge on any atom is -0.481 e. The van der Waals surface area contributed by atoms with Gasteiger partial charge in [-0.3, -0.25) is 14.4 Å². The van der Waals surface area contributed by atoms with Crippen LogP contribution in [0.4, 0.5) is 0 Å². The Labute approximate surface area is 122 Å². The van der Waals surface area contributed by atoms with Crippen LogP contribution in [-0.4, -0.2) is 45.2 Å². The SMILES string of the molecule is Cc1n[nH]c(=O)c(C(=O)N2CCC(CCC(=O)O)C2)c1C. The summed E-state index contributed by atoms with van der Waals surface area (Å²) in [5.41, 5.74) is 0.885. The van der Waals surface area contributed by atoms with Gasteiger partial charge in [0.1, 0.15) is 5.56 Å². The monoisotopic (exact) mass is 293 g/mol. The van der Waals surface area contributed by atoms with Crippen molar-refractivity contribution >= 4 is 11.9 Å². The molecule has 1 aromatic rings. The fourth-order valence-electron chi connectivity index (χ4n) is 2.62. The molecule has 0 saturated carbocycles. The lowest BCUT2D eigenvalue weighted by Gasteiger charge is -2.17. The number of hydrogen-bond donors (Lipinski definition) is 2. The Hall–Kier alpha value is -2.18. The zero-order valence-corrected chi connectivity index (χ0v) is 12.2. The molecule has 0 radical (unpaired) electrons. The molecule has 1 saturated heterocycles. The van der Waals surface area contributed by atoms with E-state index in [1.165, 1.54) is 0 Å². The molecule has 0 spiro atoms. The highest BCUT2D eigenvalue weighted by atomic mass is 16.4. The number of carboxylic acid groups (broad SMARTS) is 1. The molecular weight excluding hydrogens is 274 g/mol. The van der Waals surface area contributed by atoms with Crippen molar-refractivity contribution in [1.29, 1.82) is 0 Å². The summed E-state index contributed by atoms with van der Waals surface area (Å²) in [6, 6.07) is 0. The Kier molecular flexibility index (Phi) is 4.40. The summed E-state index contributed by atoms with van der Waals surface area (Å²) in [4.78, 5) is 36.5. The molecule has 1 unspecified atom stereocenters. The van der Waals surface area contributed by atoms with Gasteiger partial charge in [-0.15, -0.1) is 0 Å².